The third-order valence-electron chi connectivity index (χ3n) is 14.2. The van der Waals surface area contributed by atoms with E-state index in [2.05, 4.69) is 37.7 Å². The number of aryl methyl sites for hydroxylation is 2. The van der Waals surface area contributed by atoms with Gasteiger partial charge in [0.05, 0.1) is 52.7 Å². The Morgan fingerprint density at radius 2 is 1.79 bits per heavy atom. The van der Waals surface area contributed by atoms with Crippen LogP contribution in [0, 0.1) is 25.6 Å². The van der Waals surface area contributed by atoms with E-state index in [1.165, 1.54) is 28.4 Å². The first-order chi connectivity index (χ1) is 38.6. The highest BCUT2D eigenvalue weighted by Crippen LogP contribution is 2.43. The zero-order valence-electron chi connectivity index (χ0n) is 45.0. The molecule has 2 fully saturated rings. The molecule has 2 aliphatic heterocycles. The number of piperazine rings is 1. The summed E-state index contributed by atoms with van der Waals surface area (Å²) in [6, 6.07) is 18.6. The molecule has 2 aliphatic rings. The lowest BCUT2D eigenvalue weighted by atomic mass is 9.91. The number of anilines is 2. The van der Waals surface area contributed by atoms with Gasteiger partial charge < -0.3 is 54.9 Å². The molecule has 420 valence electrons. The summed E-state index contributed by atoms with van der Waals surface area (Å²) in [6.07, 6.45) is 0.607. The van der Waals surface area contributed by atoms with Crippen LogP contribution in [0.3, 0.4) is 0 Å². The number of hydrogen-bond donors (Lipinski definition) is 5. The molecule has 19 nitrogen and oxygen atoms in total. The van der Waals surface area contributed by atoms with Gasteiger partial charge in [-0.3, -0.25) is 19.2 Å². The standard InChI is InChI=1S/C58H64ClFN10O9S/c1-6-49(74)68-16-18-69(19-17-68)55-44-28-45(59)51(43-26-40(72)24-36-9-7-8-10-42(36)43)52(60)53(44)65-58(66-55)62-14-13-39(71)30-61-15-20-77-21-22-78-47-25-37(54-35(5)64-32-80-54)11-12-38(47)29-63-56(75)46-27-41(73)31-70(46)57(76)50(33(2)3)48-23-34(4)67-79-48/h6-12,23-26,28,32-33,41,46,50,61,72-73H,1,13-22,27,29-31H2,2-5H3,(H,63,75)(H,62,65,66)/t41-,46+,50+/m1/s1. The molecule has 0 saturated carbocycles. The Morgan fingerprint density at radius 1 is 0.988 bits per heavy atom. The highest BCUT2D eigenvalue weighted by molar-refractivity contribution is 7.13. The number of aromatic hydroxyl groups is 1. The average Bonchev–Trinajstić information content (AvgIpc) is 4.20. The Bertz CT molecular complexity index is 3420. The molecule has 80 heavy (non-hydrogen) atoms. The number of hydrogen-bond acceptors (Lipinski definition) is 17. The summed E-state index contributed by atoms with van der Waals surface area (Å²) in [5, 5.41) is 36.3. The first-order valence-corrected chi connectivity index (χ1v) is 27.8. The van der Waals surface area contributed by atoms with Gasteiger partial charge in [0, 0.05) is 87.8 Å². The molecule has 9 rings (SSSR count). The Hall–Kier alpha value is -7.56. The van der Waals surface area contributed by atoms with Crippen LogP contribution < -0.4 is 25.6 Å². The number of nitrogens with one attached hydrogen (secondary N) is 3. The highest BCUT2D eigenvalue weighted by atomic mass is 35.5. The lowest BCUT2D eigenvalue weighted by Gasteiger charge is -2.35. The number of nitrogens with zero attached hydrogens (tertiary/aromatic N) is 7. The smallest absolute Gasteiger partial charge is 0.246 e. The largest absolute Gasteiger partial charge is 0.508 e. The second-order valence-corrected chi connectivity index (χ2v) is 21.5. The highest BCUT2D eigenvalue weighted by Gasteiger charge is 2.43. The van der Waals surface area contributed by atoms with Crippen molar-refractivity contribution in [1.29, 1.82) is 0 Å². The van der Waals surface area contributed by atoms with Crippen molar-refractivity contribution in [3.05, 3.63) is 118 Å². The third kappa shape index (κ3) is 13.0. The molecule has 3 amide bonds. The van der Waals surface area contributed by atoms with Crippen molar-refractivity contribution >= 4 is 79.9 Å². The second kappa shape index (κ2) is 25.7. The van der Waals surface area contributed by atoms with E-state index < -0.39 is 29.8 Å². The van der Waals surface area contributed by atoms with Gasteiger partial charge in [-0.25, -0.2) is 14.4 Å². The first kappa shape index (κ1) is 57.1. The molecule has 0 bridgehead atoms. The van der Waals surface area contributed by atoms with Crippen molar-refractivity contribution in [2.75, 3.05) is 82.4 Å². The molecular weight excluding hydrogens is 1070 g/mol. The van der Waals surface area contributed by atoms with Crippen LogP contribution in [-0.2, 0) is 30.5 Å². The predicted molar refractivity (Wildman–Crippen MR) is 304 cm³/mol. The number of aliphatic hydroxyl groups excluding tert-OH is 1. The number of ether oxygens (including phenoxy) is 2. The molecule has 0 spiro atoms. The van der Waals surface area contributed by atoms with Crippen molar-refractivity contribution in [1.82, 2.24) is 40.5 Å². The maximum atomic E-state index is 17.0. The topological polar surface area (TPSA) is 238 Å². The fourth-order valence-electron chi connectivity index (χ4n) is 10.2. The summed E-state index contributed by atoms with van der Waals surface area (Å²) in [5.41, 5.74) is 5.35. The fraction of sp³-hybridized carbons (Fsp3) is 0.379. The number of halogens is 2. The number of carbonyl (C=O) groups excluding carboxylic acids is 4. The van der Waals surface area contributed by atoms with Crippen LogP contribution in [0.2, 0.25) is 5.02 Å². The van der Waals surface area contributed by atoms with Crippen LogP contribution in [0.25, 0.3) is 43.2 Å². The summed E-state index contributed by atoms with van der Waals surface area (Å²) >= 11 is 8.40. The molecule has 0 radical (unpaired) electrons. The van der Waals surface area contributed by atoms with E-state index in [9.17, 15) is 29.4 Å². The SMILES string of the molecule is C=CC(=O)N1CCN(c2nc(NCCC(=O)CNCCOCCOc3cc(-c4scnc4C)ccc3CNC(=O)[C@@H]3C[C@@H](O)CN3C(=O)[C@H](c3cc(C)no3)C(C)C)nc3c(F)c(-c4cc(O)cc5ccccc45)c(Cl)cc23)CC1. The lowest BCUT2D eigenvalue weighted by Crippen LogP contribution is -2.48. The average molecular weight is 1130 g/mol. The minimum Gasteiger partial charge on any atom is -0.508 e. The van der Waals surface area contributed by atoms with Gasteiger partial charge in [0.25, 0.3) is 0 Å². The van der Waals surface area contributed by atoms with Crippen LogP contribution in [0.5, 0.6) is 11.5 Å². The van der Waals surface area contributed by atoms with Gasteiger partial charge in [0.2, 0.25) is 23.7 Å². The van der Waals surface area contributed by atoms with Gasteiger partial charge in [0.15, 0.2) is 5.82 Å². The van der Waals surface area contributed by atoms with E-state index in [1.807, 2.05) is 68.1 Å². The maximum Gasteiger partial charge on any atom is 0.246 e. The minimum absolute atomic E-state index is 0.00401. The summed E-state index contributed by atoms with van der Waals surface area (Å²) in [6.45, 7) is 14.1. The van der Waals surface area contributed by atoms with Crippen LogP contribution >= 0.6 is 22.9 Å². The number of aliphatic hydroxyl groups is 1. The van der Waals surface area contributed by atoms with E-state index in [1.54, 1.807) is 35.5 Å². The number of thiazole rings is 1. The Labute approximate surface area is 471 Å². The number of β-amino-alcohol motifs (C(OH)–C–C–N with tert-alkyl or cyclic N) is 1. The zero-order valence-corrected chi connectivity index (χ0v) is 46.5. The molecule has 5 heterocycles. The number of phenols is 1. The molecule has 0 aliphatic carbocycles. The molecule has 0 unspecified atom stereocenters. The van der Waals surface area contributed by atoms with Crippen LogP contribution in [-0.4, -0.2) is 148 Å². The van der Waals surface area contributed by atoms with Gasteiger partial charge in [-0.15, -0.1) is 11.3 Å². The number of carbonyl (C=O) groups is 4. The van der Waals surface area contributed by atoms with Gasteiger partial charge >= 0.3 is 0 Å². The quantitative estimate of drug-likeness (QED) is 0.0306. The molecule has 4 aromatic carbocycles. The first-order valence-electron chi connectivity index (χ1n) is 26.6. The number of phenolic OH excluding ortho intramolecular Hbond substituents is 1. The van der Waals surface area contributed by atoms with Crippen LogP contribution in [0.1, 0.15) is 55.3 Å². The number of rotatable bonds is 23. The Kier molecular flexibility index (Phi) is 18.4. The van der Waals surface area contributed by atoms with Gasteiger partial charge in [-0.2, -0.15) is 4.98 Å². The van der Waals surface area contributed by atoms with E-state index in [0.29, 0.717) is 83.0 Å². The number of fused-ring (bicyclic) bond motifs is 2. The van der Waals surface area contributed by atoms with Crippen molar-refractivity contribution in [3.8, 4) is 33.1 Å². The maximum absolute atomic E-state index is 17.0. The predicted octanol–water partition coefficient (Wildman–Crippen LogP) is 7.59. The summed E-state index contributed by atoms with van der Waals surface area (Å²) < 4.78 is 34.6. The van der Waals surface area contributed by atoms with Crippen molar-refractivity contribution in [2.24, 2.45) is 5.92 Å². The number of benzene rings is 4. The Balaban J connectivity index is 0.779. The van der Waals surface area contributed by atoms with Gasteiger partial charge in [-0.05, 0) is 72.0 Å². The van der Waals surface area contributed by atoms with E-state index in [-0.39, 0.29) is 110 Å². The molecule has 3 atom stereocenters. The van der Waals surface area contributed by atoms with Crippen LogP contribution in [0.15, 0.2) is 89.4 Å². The normalized spacial score (nSPS) is 15.9. The number of likely N-dealkylation sites (tertiary alicyclic amines) is 1. The molecule has 2 saturated heterocycles. The molecule has 5 N–H and O–H groups in total. The molecule has 3 aromatic heterocycles. The monoisotopic (exact) mass is 1130 g/mol. The van der Waals surface area contributed by atoms with E-state index >= 15 is 4.39 Å². The van der Waals surface area contributed by atoms with E-state index in [4.69, 9.17) is 30.6 Å². The van der Waals surface area contributed by atoms with Crippen molar-refractivity contribution < 1.29 is 47.8 Å². The Morgan fingerprint density at radius 3 is 2.52 bits per heavy atom. The van der Waals surface area contributed by atoms with Gasteiger partial charge in [0.1, 0.15) is 52.9 Å². The fourth-order valence-corrected chi connectivity index (χ4v) is 11.3. The summed E-state index contributed by atoms with van der Waals surface area (Å²) in [5.74, 6) is -1.11. The number of aromatic nitrogens is 4. The van der Waals surface area contributed by atoms with Gasteiger partial charge in [-0.1, -0.05) is 73.6 Å². The number of amides is 3. The van der Waals surface area contributed by atoms with Crippen molar-refractivity contribution in [2.45, 2.75) is 65.1 Å². The minimum atomic E-state index is -0.891. The summed E-state index contributed by atoms with van der Waals surface area (Å²) in [4.78, 5) is 73.1. The zero-order chi connectivity index (χ0) is 56.6. The second-order valence-electron chi connectivity index (χ2n) is 20.2. The summed E-state index contributed by atoms with van der Waals surface area (Å²) in [7, 11) is 0. The molecule has 22 heteroatoms. The van der Waals surface area contributed by atoms with E-state index in [0.717, 1.165) is 16.1 Å². The number of Topliss-reactive ketones (excluding diaryl/α,β-unsaturated/α-hetero) is 1. The molecule has 7 aromatic rings. The van der Waals surface area contributed by atoms with Crippen molar-refractivity contribution in [3.63, 3.8) is 0 Å². The third-order valence-corrected chi connectivity index (χ3v) is 15.5. The van der Waals surface area contributed by atoms with Crippen LogP contribution in [0.4, 0.5) is 16.2 Å². The number of ketones is 1. The molecular formula is C58H64ClFN10O9S. The lowest BCUT2D eigenvalue weighted by molar-refractivity contribution is -0.141.